The number of hydrogen-bond acceptors (Lipinski definition) is 8. The van der Waals surface area contributed by atoms with Crippen molar-refractivity contribution in [3.63, 3.8) is 0 Å². The molecule has 0 unspecified atom stereocenters. The van der Waals surface area contributed by atoms with Gasteiger partial charge in [-0.15, -0.1) is 0 Å². The third-order valence-electron chi connectivity index (χ3n) is 5.12. The van der Waals surface area contributed by atoms with Gasteiger partial charge in [0, 0.05) is 12.7 Å². The number of rotatable bonds is 8. The van der Waals surface area contributed by atoms with Crippen molar-refractivity contribution >= 4 is 39.4 Å². The van der Waals surface area contributed by atoms with E-state index in [9.17, 15) is 27.6 Å². The fourth-order valence-electron chi connectivity index (χ4n) is 3.28. The maximum absolute atomic E-state index is 12.4. The van der Waals surface area contributed by atoms with E-state index >= 15 is 0 Å². The number of carbonyl (C=O) groups excluding carboxylic acids is 4. The van der Waals surface area contributed by atoms with Gasteiger partial charge in [-0.1, -0.05) is 0 Å². The van der Waals surface area contributed by atoms with Crippen LogP contribution in [0.5, 0.6) is 0 Å². The molecule has 0 radical (unpaired) electrons. The van der Waals surface area contributed by atoms with Gasteiger partial charge in [-0.3, -0.25) is 19.3 Å². The minimum Gasteiger partial charge on any atom is -0.468 e. The number of fused-ring (bicyclic) bond motifs is 1. The van der Waals surface area contributed by atoms with E-state index in [1.807, 2.05) is 0 Å². The van der Waals surface area contributed by atoms with E-state index < -0.39 is 40.3 Å². The number of imide groups is 1. The second-order valence-corrected chi connectivity index (χ2v) is 9.25. The summed E-state index contributed by atoms with van der Waals surface area (Å²) < 4.78 is 37.2. The summed E-state index contributed by atoms with van der Waals surface area (Å²) in [5.74, 6) is -1.95. The van der Waals surface area contributed by atoms with Crippen molar-refractivity contribution in [2.45, 2.75) is 11.4 Å². The van der Waals surface area contributed by atoms with Crippen LogP contribution < -0.4 is 10.0 Å². The first-order valence-electron chi connectivity index (χ1n) is 10.2. The summed E-state index contributed by atoms with van der Waals surface area (Å²) in [5, 5.41) is 2.49. The van der Waals surface area contributed by atoms with Gasteiger partial charge < -0.3 is 14.5 Å². The number of esters is 1. The minimum atomic E-state index is -3.83. The number of furan rings is 1. The molecule has 0 bridgehead atoms. The van der Waals surface area contributed by atoms with Gasteiger partial charge in [-0.25, -0.2) is 17.9 Å². The van der Waals surface area contributed by atoms with E-state index in [0.717, 1.165) is 4.90 Å². The molecule has 12 heteroatoms. The molecule has 11 nitrogen and oxygen atoms in total. The maximum Gasteiger partial charge on any atom is 0.338 e. The average Bonchev–Trinajstić information content (AvgIpc) is 3.45. The molecule has 1 aromatic heterocycles. The molecule has 0 aliphatic carbocycles. The zero-order chi connectivity index (χ0) is 25.2. The second kappa shape index (κ2) is 9.52. The van der Waals surface area contributed by atoms with E-state index in [4.69, 9.17) is 9.15 Å². The fraction of sp³-hybridized carbons (Fsp3) is 0.130. The Morgan fingerprint density at radius 3 is 2.40 bits per heavy atom. The minimum absolute atomic E-state index is 0.0281. The summed E-state index contributed by atoms with van der Waals surface area (Å²) in [6, 6.07) is 12.5. The Kier molecular flexibility index (Phi) is 6.49. The Morgan fingerprint density at radius 2 is 1.71 bits per heavy atom. The molecule has 3 amide bonds. The average molecular weight is 497 g/mol. The number of benzene rings is 2. The highest BCUT2D eigenvalue weighted by Crippen LogP contribution is 2.24. The van der Waals surface area contributed by atoms with Crippen molar-refractivity contribution in [1.29, 1.82) is 0 Å². The lowest BCUT2D eigenvalue weighted by Crippen LogP contribution is -2.24. The number of anilines is 1. The predicted octanol–water partition coefficient (Wildman–Crippen LogP) is 1.78. The highest BCUT2D eigenvalue weighted by atomic mass is 32.2. The van der Waals surface area contributed by atoms with E-state index in [-0.39, 0.29) is 33.8 Å². The lowest BCUT2D eigenvalue weighted by Gasteiger charge is -2.08. The maximum atomic E-state index is 12.4. The number of nitrogens with one attached hydrogen (secondary N) is 2. The molecule has 4 rings (SSSR count). The van der Waals surface area contributed by atoms with Crippen LogP contribution in [0.25, 0.3) is 0 Å². The molecule has 2 heterocycles. The van der Waals surface area contributed by atoms with Gasteiger partial charge in [-0.05, 0) is 54.6 Å². The smallest absolute Gasteiger partial charge is 0.338 e. The van der Waals surface area contributed by atoms with Gasteiger partial charge in [0.2, 0.25) is 10.0 Å². The number of nitrogens with zero attached hydrogens (tertiary/aromatic N) is 1. The number of sulfonamides is 1. The summed E-state index contributed by atoms with van der Waals surface area (Å²) in [6.07, 6.45) is 1.43. The van der Waals surface area contributed by atoms with Crippen LogP contribution in [-0.4, -0.2) is 50.7 Å². The van der Waals surface area contributed by atoms with Crippen LogP contribution in [0.4, 0.5) is 5.69 Å². The molecular formula is C23H19N3O8S. The molecule has 2 N–H and O–H groups in total. The Bertz CT molecular complexity index is 1410. The van der Waals surface area contributed by atoms with E-state index in [1.165, 1.54) is 55.8 Å². The molecule has 2 aromatic carbocycles. The Balaban J connectivity index is 1.31. The summed E-state index contributed by atoms with van der Waals surface area (Å²) in [4.78, 5) is 49.3. The number of hydrogen-bond donors (Lipinski definition) is 2. The van der Waals surface area contributed by atoms with Crippen LogP contribution in [0.2, 0.25) is 0 Å². The van der Waals surface area contributed by atoms with Crippen LogP contribution >= 0.6 is 0 Å². The predicted molar refractivity (Wildman–Crippen MR) is 121 cm³/mol. The highest BCUT2D eigenvalue weighted by Gasteiger charge is 2.32. The topological polar surface area (TPSA) is 152 Å². The molecule has 1 aliphatic rings. The lowest BCUT2D eigenvalue weighted by molar-refractivity contribution is -0.119. The molecule has 180 valence electrons. The monoisotopic (exact) mass is 497 g/mol. The largest absolute Gasteiger partial charge is 0.468 e. The van der Waals surface area contributed by atoms with Crippen molar-refractivity contribution in [2.75, 3.05) is 19.0 Å². The summed E-state index contributed by atoms with van der Waals surface area (Å²) >= 11 is 0. The number of carbonyl (C=O) groups is 4. The highest BCUT2D eigenvalue weighted by molar-refractivity contribution is 7.89. The first kappa shape index (κ1) is 23.9. The summed E-state index contributed by atoms with van der Waals surface area (Å²) in [6.45, 7) is -0.646. The van der Waals surface area contributed by atoms with E-state index in [2.05, 4.69) is 10.0 Å². The van der Waals surface area contributed by atoms with E-state index in [1.54, 1.807) is 12.1 Å². The second-order valence-electron chi connectivity index (χ2n) is 7.48. The third-order valence-corrected chi connectivity index (χ3v) is 6.54. The Labute approximate surface area is 199 Å². The van der Waals surface area contributed by atoms with Crippen molar-refractivity contribution in [1.82, 2.24) is 9.62 Å². The summed E-state index contributed by atoms with van der Waals surface area (Å²) in [5.41, 5.74) is 0.717. The van der Waals surface area contributed by atoms with Crippen molar-refractivity contribution in [3.8, 4) is 0 Å². The van der Waals surface area contributed by atoms with Crippen molar-refractivity contribution in [2.24, 2.45) is 0 Å². The quantitative estimate of drug-likeness (QED) is 0.353. The van der Waals surface area contributed by atoms with Crippen LogP contribution in [0, 0.1) is 0 Å². The Hall–Kier alpha value is -4.29. The van der Waals surface area contributed by atoms with Gasteiger partial charge in [-0.2, -0.15) is 0 Å². The van der Waals surface area contributed by atoms with Gasteiger partial charge >= 0.3 is 5.97 Å². The SMILES string of the molecule is CN1C(=O)c2ccc(NC(=O)COC(=O)c3ccc(S(=O)(=O)NCc4ccco4)cc3)cc2C1=O. The molecule has 0 saturated heterocycles. The van der Waals surface area contributed by atoms with Gasteiger partial charge in [0.05, 0.1) is 34.4 Å². The standard InChI is InChI=1S/C23H19N3O8S/c1-26-21(28)18-9-6-15(11-19(18)22(26)29)25-20(27)13-34-23(30)14-4-7-17(8-5-14)35(31,32)24-12-16-3-2-10-33-16/h2-11,24H,12-13H2,1H3,(H,25,27). The van der Waals surface area contributed by atoms with Gasteiger partial charge in [0.15, 0.2) is 6.61 Å². The fourth-order valence-corrected chi connectivity index (χ4v) is 4.28. The zero-order valence-corrected chi connectivity index (χ0v) is 19.1. The molecule has 35 heavy (non-hydrogen) atoms. The molecule has 3 aromatic rings. The third kappa shape index (κ3) is 5.13. The molecule has 0 spiro atoms. The van der Waals surface area contributed by atoms with E-state index in [0.29, 0.717) is 5.76 Å². The molecule has 1 aliphatic heterocycles. The van der Waals surface area contributed by atoms with Crippen LogP contribution in [0.1, 0.15) is 36.8 Å². The molecule has 0 fully saturated rings. The molecular weight excluding hydrogens is 478 g/mol. The van der Waals surface area contributed by atoms with Crippen LogP contribution in [-0.2, 0) is 26.1 Å². The number of ether oxygens (including phenoxy) is 1. The van der Waals surface area contributed by atoms with Gasteiger partial charge in [0.1, 0.15) is 5.76 Å². The first-order chi connectivity index (χ1) is 16.7. The normalized spacial score (nSPS) is 13.0. The lowest BCUT2D eigenvalue weighted by atomic mass is 10.1. The molecule has 0 atom stereocenters. The van der Waals surface area contributed by atoms with Crippen LogP contribution in [0.3, 0.4) is 0 Å². The Morgan fingerprint density at radius 1 is 1.00 bits per heavy atom. The zero-order valence-electron chi connectivity index (χ0n) is 18.3. The van der Waals surface area contributed by atoms with Crippen molar-refractivity contribution < 1.29 is 36.7 Å². The van der Waals surface area contributed by atoms with Gasteiger partial charge in [0.25, 0.3) is 17.7 Å². The summed E-state index contributed by atoms with van der Waals surface area (Å²) in [7, 11) is -2.47. The molecule has 0 saturated carbocycles. The van der Waals surface area contributed by atoms with Crippen LogP contribution in [0.15, 0.2) is 70.2 Å². The van der Waals surface area contributed by atoms with Crippen molar-refractivity contribution in [3.05, 3.63) is 83.3 Å². The first-order valence-corrected chi connectivity index (χ1v) is 11.7. The number of amides is 3.